The standard InChI is InChI=1S/C23H21F3N2O2/c1-22(25,26)17-11-18(13-19(24)12-17)23(27-15-29,14-16-7-4-3-5-8-16)20-9-6-10-21(28-20)30-2/h3-13,15H,14H2,1-2H3,(H,27,29). The summed E-state index contributed by atoms with van der Waals surface area (Å²) in [6.07, 6.45) is 0.615. The van der Waals surface area contributed by atoms with Crippen LogP contribution >= 0.6 is 0 Å². The molecule has 0 saturated heterocycles. The lowest BCUT2D eigenvalue weighted by Crippen LogP contribution is -2.45. The Bertz CT molecular complexity index is 1020. The van der Waals surface area contributed by atoms with Crippen molar-refractivity contribution in [3.05, 3.63) is 94.9 Å². The van der Waals surface area contributed by atoms with Gasteiger partial charge in [0.1, 0.15) is 11.4 Å². The third-order valence-electron chi connectivity index (χ3n) is 4.88. The van der Waals surface area contributed by atoms with Gasteiger partial charge < -0.3 is 10.1 Å². The number of amides is 1. The second-order valence-electron chi connectivity index (χ2n) is 7.01. The van der Waals surface area contributed by atoms with Crippen LogP contribution in [-0.4, -0.2) is 18.5 Å². The first kappa shape index (κ1) is 21.4. The summed E-state index contributed by atoms with van der Waals surface area (Å²) < 4.78 is 47.7. The maximum absolute atomic E-state index is 14.4. The molecule has 0 saturated carbocycles. The zero-order valence-corrected chi connectivity index (χ0v) is 16.5. The lowest BCUT2D eigenvalue weighted by atomic mass is 9.79. The molecule has 0 radical (unpaired) electrons. The molecule has 3 rings (SSSR count). The number of methoxy groups -OCH3 is 1. The minimum absolute atomic E-state index is 0.149. The Morgan fingerprint density at radius 1 is 1.03 bits per heavy atom. The van der Waals surface area contributed by atoms with Crippen molar-refractivity contribution in [2.45, 2.75) is 24.8 Å². The van der Waals surface area contributed by atoms with Gasteiger partial charge in [-0.2, -0.15) is 0 Å². The molecule has 1 aromatic heterocycles. The number of carbonyl (C=O) groups excluding carboxylic acids is 1. The predicted molar refractivity (Wildman–Crippen MR) is 107 cm³/mol. The van der Waals surface area contributed by atoms with E-state index in [0.717, 1.165) is 17.7 Å². The van der Waals surface area contributed by atoms with E-state index in [1.165, 1.54) is 13.2 Å². The highest BCUT2D eigenvalue weighted by Crippen LogP contribution is 2.37. The minimum Gasteiger partial charge on any atom is -0.481 e. The number of ether oxygens (including phenoxy) is 1. The quantitative estimate of drug-likeness (QED) is 0.550. The van der Waals surface area contributed by atoms with Crippen molar-refractivity contribution in [3.8, 4) is 5.88 Å². The summed E-state index contributed by atoms with van der Waals surface area (Å²) in [5.41, 5.74) is -0.625. The van der Waals surface area contributed by atoms with Crippen molar-refractivity contribution < 1.29 is 22.7 Å². The number of carbonyl (C=O) groups is 1. The highest BCUT2D eigenvalue weighted by Gasteiger charge is 2.38. The number of benzene rings is 2. The number of alkyl halides is 2. The van der Waals surface area contributed by atoms with E-state index in [1.807, 2.05) is 30.3 Å². The minimum atomic E-state index is -3.27. The second kappa shape index (κ2) is 8.57. The molecule has 0 aliphatic heterocycles. The fourth-order valence-electron chi connectivity index (χ4n) is 3.41. The molecule has 1 atom stereocenters. The first-order valence-electron chi connectivity index (χ1n) is 9.24. The fraction of sp³-hybridized carbons (Fsp3) is 0.217. The van der Waals surface area contributed by atoms with Crippen molar-refractivity contribution in [1.29, 1.82) is 0 Å². The van der Waals surface area contributed by atoms with E-state index in [-0.39, 0.29) is 17.9 Å². The van der Waals surface area contributed by atoms with Crippen molar-refractivity contribution >= 4 is 6.41 Å². The molecule has 3 aromatic rings. The molecule has 2 aromatic carbocycles. The molecule has 7 heteroatoms. The van der Waals surface area contributed by atoms with Gasteiger partial charge in [-0.3, -0.25) is 4.79 Å². The van der Waals surface area contributed by atoms with Crippen LogP contribution in [0.25, 0.3) is 0 Å². The van der Waals surface area contributed by atoms with E-state index in [9.17, 15) is 18.0 Å². The van der Waals surface area contributed by atoms with Gasteiger partial charge in [-0.1, -0.05) is 36.4 Å². The molecule has 0 bridgehead atoms. The zero-order valence-electron chi connectivity index (χ0n) is 16.5. The number of pyridine rings is 1. The van der Waals surface area contributed by atoms with Gasteiger partial charge >= 0.3 is 0 Å². The van der Waals surface area contributed by atoms with Crippen molar-refractivity contribution in [2.75, 3.05) is 7.11 Å². The topological polar surface area (TPSA) is 51.2 Å². The van der Waals surface area contributed by atoms with E-state index in [4.69, 9.17) is 4.74 Å². The summed E-state index contributed by atoms with van der Waals surface area (Å²) in [7, 11) is 1.44. The van der Waals surface area contributed by atoms with Crippen molar-refractivity contribution in [2.24, 2.45) is 0 Å². The molecule has 30 heavy (non-hydrogen) atoms. The van der Waals surface area contributed by atoms with Gasteiger partial charge in [-0.25, -0.2) is 18.2 Å². The zero-order chi connectivity index (χ0) is 21.8. The molecule has 1 unspecified atom stereocenters. The van der Waals surface area contributed by atoms with Crippen LogP contribution in [0, 0.1) is 5.82 Å². The Balaban J connectivity index is 2.30. The van der Waals surface area contributed by atoms with Crippen LogP contribution in [0.15, 0.2) is 66.7 Å². The number of aromatic nitrogens is 1. The fourth-order valence-corrected chi connectivity index (χ4v) is 3.41. The third kappa shape index (κ3) is 4.45. The van der Waals surface area contributed by atoms with Crippen molar-refractivity contribution in [3.63, 3.8) is 0 Å². The van der Waals surface area contributed by atoms with E-state index in [2.05, 4.69) is 10.3 Å². The number of hydrogen-bond acceptors (Lipinski definition) is 3. The Kier molecular flexibility index (Phi) is 6.10. The third-order valence-corrected chi connectivity index (χ3v) is 4.88. The molecule has 1 heterocycles. The van der Waals surface area contributed by atoms with E-state index < -0.39 is 22.8 Å². The summed E-state index contributed by atoms with van der Waals surface area (Å²) in [5, 5.41) is 2.72. The Morgan fingerprint density at radius 2 is 1.73 bits per heavy atom. The first-order chi connectivity index (χ1) is 14.3. The predicted octanol–water partition coefficient (Wildman–Crippen LogP) is 4.57. The smallest absolute Gasteiger partial charge is 0.270 e. The average molecular weight is 414 g/mol. The maximum Gasteiger partial charge on any atom is 0.270 e. The normalized spacial score (nSPS) is 13.4. The van der Waals surface area contributed by atoms with Gasteiger partial charge in [0.15, 0.2) is 0 Å². The molecular weight excluding hydrogens is 393 g/mol. The Hall–Kier alpha value is -3.35. The molecular formula is C23H21F3N2O2. The van der Waals surface area contributed by atoms with Gasteiger partial charge in [0.2, 0.25) is 12.3 Å². The summed E-state index contributed by atoms with van der Waals surface area (Å²) in [6, 6.07) is 17.2. The summed E-state index contributed by atoms with van der Waals surface area (Å²) in [5.74, 6) is -3.83. The molecule has 0 aliphatic rings. The number of nitrogens with zero attached hydrogens (tertiary/aromatic N) is 1. The number of rotatable bonds is 8. The van der Waals surface area contributed by atoms with Gasteiger partial charge in [0, 0.05) is 25.0 Å². The van der Waals surface area contributed by atoms with Crippen LogP contribution in [0.5, 0.6) is 5.88 Å². The van der Waals surface area contributed by atoms with Gasteiger partial charge in [-0.05, 0) is 35.4 Å². The van der Waals surface area contributed by atoms with Gasteiger partial charge in [-0.15, -0.1) is 0 Å². The second-order valence-corrected chi connectivity index (χ2v) is 7.01. The highest BCUT2D eigenvalue weighted by atomic mass is 19.3. The average Bonchev–Trinajstić information content (AvgIpc) is 2.73. The Labute approximate surface area is 172 Å². The lowest BCUT2D eigenvalue weighted by molar-refractivity contribution is -0.111. The molecule has 1 amide bonds. The number of hydrogen-bond donors (Lipinski definition) is 1. The van der Waals surface area contributed by atoms with E-state index >= 15 is 0 Å². The monoisotopic (exact) mass is 414 g/mol. The number of halogens is 3. The van der Waals surface area contributed by atoms with E-state index in [1.54, 1.807) is 18.2 Å². The van der Waals surface area contributed by atoms with Crippen LogP contribution in [0.4, 0.5) is 13.2 Å². The molecule has 4 nitrogen and oxygen atoms in total. The molecule has 0 aliphatic carbocycles. The van der Waals surface area contributed by atoms with Crippen LogP contribution in [0.3, 0.4) is 0 Å². The van der Waals surface area contributed by atoms with Gasteiger partial charge in [0.25, 0.3) is 5.92 Å². The highest BCUT2D eigenvalue weighted by molar-refractivity contribution is 5.54. The molecule has 0 spiro atoms. The maximum atomic E-state index is 14.4. The summed E-state index contributed by atoms with van der Waals surface area (Å²) in [4.78, 5) is 16.1. The van der Waals surface area contributed by atoms with Crippen molar-refractivity contribution in [1.82, 2.24) is 10.3 Å². The Morgan fingerprint density at radius 3 is 2.37 bits per heavy atom. The van der Waals surface area contributed by atoms with Crippen LogP contribution in [0.1, 0.15) is 29.3 Å². The van der Waals surface area contributed by atoms with E-state index in [0.29, 0.717) is 19.0 Å². The first-order valence-corrected chi connectivity index (χ1v) is 9.24. The lowest BCUT2D eigenvalue weighted by Gasteiger charge is -2.34. The number of nitrogens with one attached hydrogen (secondary N) is 1. The molecule has 156 valence electrons. The summed E-state index contributed by atoms with van der Waals surface area (Å²) >= 11 is 0. The SMILES string of the molecule is COc1cccc(C(Cc2ccccc2)(NC=O)c2cc(F)cc(C(C)(F)F)c2)n1. The van der Waals surface area contributed by atoms with Crippen LogP contribution < -0.4 is 10.1 Å². The summed E-state index contributed by atoms with van der Waals surface area (Å²) in [6.45, 7) is 0.696. The van der Waals surface area contributed by atoms with Gasteiger partial charge in [0.05, 0.1) is 12.8 Å². The largest absolute Gasteiger partial charge is 0.481 e. The molecule has 0 fully saturated rings. The molecule has 1 N–H and O–H groups in total. The van der Waals surface area contributed by atoms with Crippen LogP contribution in [-0.2, 0) is 22.7 Å². The van der Waals surface area contributed by atoms with Crippen LogP contribution in [0.2, 0.25) is 0 Å².